The van der Waals surface area contributed by atoms with Crippen molar-refractivity contribution in [2.24, 2.45) is 5.92 Å². The molecule has 0 bridgehead atoms. The van der Waals surface area contributed by atoms with E-state index in [-0.39, 0.29) is 30.8 Å². The van der Waals surface area contributed by atoms with Crippen molar-refractivity contribution in [2.45, 2.75) is 20.0 Å². The van der Waals surface area contributed by atoms with Crippen molar-refractivity contribution in [3.8, 4) is 0 Å². The summed E-state index contributed by atoms with van der Waals surface area (Å²) >= 11 is 1.35. The van der Waals surface area contributed by atoms with Gasteiger partial charge in [-0.25, -0.2) is 0 Å². The van der Waals surface area contributed by atoms with E-state index in [2.05, 4.69) is 5.32 Å². The Morgan fingerprint density at radius 1 is 1.47 bits per heavy atom. The third kappa shape index (κ3) is 5.00. The molecule has 6 heteroatoms. The van der Waals surface area contributed by atoms with E-state index in [9.17, 15) is 14.7 Å². The van der Waals surface area contributed by atoms with E-state index < -0.39 is 6.10 Å². The molecule has 5 nitrogen and oxygen atoms in total. The van der Waals surface area contributed by atoms with E-state index in [0.29, 0.717) is 4.88 Å². The predicted octanol–water partition coefficient (Wildman–Crippen LogP) is 0.953. The Morgan fingerprint density at radius 3 is 2.68 bits per heavy atom. The first kappa shape index (κ1) is 15.7. The number of thiophene rings is 1. The van der Waals surface area contributed by atoms with Gasteiger partial charge in [0.05, 0.1) is 17.5 Å². The lowest BCUT2D eigenvalue weighted by Gasteiger charge is -2.18. The van der Waals surface area contributed by atoms with Gasteiger partial charge in [0.15, 0.2) is 0 Å². The summed E-state index contributed by atoms with van der Waals surface area (Å²) in [6.07, 6.45) is -0.567. The zero-order chi connectivity index (χ0) is 14.4. The minimum Gasteiger partial charge on any atom is -0.391 e. The van der Waals surface area contributed by atoms with Crippen LogP contribution in [0.5, 0.6) is 0 Å². The van der Waals surface area contributed by atoms with Crippen LogP contribution < -0.4 is 5.32 Å². The van der Waals surface area contributed by atoms with Gasteiger partial charge in [0, 0.05) is 13.6 Å². The summed E-state index contributed by atoms with van der Waals surface area (Å²) in [6, 6.07) is 3.52. The van der Waals surface area contributed by atoms with Crippen LogP contribution in [0.2, 0.25) is 0 Å². The molecule has 1 aromatic heterocycles. The first-order chi connectivity index (χ1) is 8.91. The smallest absolute Gasteiger partial charge is 0.264 e. The molecule has 0 radical (unpaired) electrons. The summed E-state index contributed by atoms with van der Waals surface area (Å²) in [4.78, 5) is 25.5. The molecule has 1 aromatic rings. The Labute approximate surface area is 117 Å². The van der Waals surface area contributed by atoms with Crippen LogP contribution in [0.1, 0.15) is 23.5 Å². The van der Waals surface area contributed by atoms with Gasteiger partial charge in [-0.05, 0) is 17.4 Å². The lowest BCUT2D eigenvalue weighted by atomic mass is 10.1. The van der Waals surface area contributed by atoms with Gasteiger partial charge in [0.2, 0.25) is 5.91 Å². The molecule has 0 saturated carbocycles. The minimum atomic E-state index is -0.567. The Hall–Kier alpha value is -1.40. The number of nitrogens with one attached hydrogen (secondary N) is 1. The van der Waals surface area contributed by atoms with Crippen LogP contribution in [0.3, 0.4) is 0 Å². The highest BCUT2D eigenvalue weighted by Crippen LogP contribution is 2.10. The van der Waals surface area contributed by atoms with Crippen molar-refractivity contribution in [2.75, 3.05) is 20.1 Å². The maximum atomic E-state index is 11.9. The Bertz CT molecular complexity index is 418. The lowest BCUT2D eigenvalue weighted by molar-refractivity contribution is -0.122. The summed E-state index contributed by atoms with van der Waals surface area (Å²) in [5, 5.41) is 14.0. The van der Waals surface area contributed by atoms with E-state index in [1.54, 1.807) is 19.2 Å². The van der Waals surface area contributed by atoms with Crippen molar-refractivity contribution in [1.29, 1.82) is 0 Å². The standard InChI is InChI=1S/C13H20N2O3S/c1-9(2)10(16)7-14-12(17)8-15(3)13(18)11-5-4-6-19-11/h4-6,9-10,16H,7-8H2,1-3H3,(H,14,17). The highest BCUT2D eigenvalue weighted by Gasteiger charge is 2.16. The summed E-state index contributed by atoms with van der Waals surface area (Å²) < 4.78 is 0. The minimum absolute atomic E-state index is 0.0124. The van der Waals surface area contributed by atoms with E-state index in [0.717, 1.165) is 0 Å². The van der Waals surface area contributed by atoms with Crippen molar-refractivity contribution < 1.29 is 14.7 Å². The molecule has 106 valence electrons. The van der Waals surface area contributed by atoms with Crippen molar-refractivity contribution >= 4 is 23.2 Å². The average molecular weight is 284 g/mol. The topological polar surface area (TPSA) is 69.6 Å². The van der Waals surface area contributed by atoms with Gasteiger partial charge < -0.3 is 15.3 Å². The van der Waals surface area contributed by atoms with Crippen molar-refractivity contribution in [3.05, 3.63) is 22.4 Å². The number of carbonyl (C=O) groups is 2. The third-order valence-corrected chi connectivity index (χ3v) is 3.60. The molecule has 1 unspecified atom stereocenters. The second kappa shape index (κ2) is 7.25. The Balaban J connectivity index is 2.38. The molecule has 1 rings (SSSR count). The zero-order valence-electron chi connectivity index (χ0n) is 11.4. The number of aliphatic hydroxyl groups excluding tert-OH is 1. The van der Waals surface area contributed by atoms with Gasteiger partial charge in [-0.1, -0.05) is 19.9 Å². The molecule has 2 N–H and O–H groups in total. The highest BCUT2D eigenvalue weighted by atomic mass is 32.1. The molecule has 0 aliphatic heterocycles. The van der Waals surface area contributed by atoms with Crippen LogP contribution in [0.15, 0.2) is 17.5 Å². The van der Waals surface area contributed by atoms with E-state index in [1.807, 2.05) is 19.2 Å². The van der Waals surface area contributed by atoms with Gasteiger partial charge in [-0.3, -0.25) is 9.59 Å². The monoisotopic (exact) mass is 284 g/mol. The fourth-order valence-corrected chi connectivity index (χ4v) is 2.10. The molecule has 0 aromatic carbocycles. The number of hydrogen-bond acceptors (Lipinski definition) is 4. The quantitative estimate of drug-likeness (QED) is 0.817. The second-order valence-corrected chi connectivity index (χ2v) is 5.70. The molecule has 1 atom stereocenters. The summed E-state index contributed by atoms with van der Waals surface area (Å²) in [7, 11) is 1.58. The van der Waals surface area contributed by atoms with Gasteiger partial charge in [0.1, 0.15) is 0 Å². The van der Waals surface area contributed by atoms with Crippen LogP contribution in [-0.2, 0) is 4.79 Å². The van der Waals surface area contributed by atoms with Gasteiger partial charge in [-0.15, -0.1) is 11.3 Å². The number of amides is 2. The van der Waals surface area contributed by atoms with Gasteiger partial charge >= 0.3 is 0 Å². The number of aliphatic hydroxyl groups is 1. The van der Waals surface area contributed by atoms with Crippen LogP contribution in [0.25, 0.3) is 0 Å². The molecular weight excluding hydrogens is 264 g/mol. The van der Waals surface area contributed by atoms with Crippen LogP contribution in [0.4, 0.5) is 0 Å². The maximum Gasteiger partial charge on any atom is 0.264 e. The highest BCUT2D eigenvalue weighted by molar-refractivity contribution is 7.12. The van der Waals surface area contributed by atoms with Crippen molar-refractivity contribution in [3.63, 3.8) is 0 Å². The number of hydrogen-bond donors (Lipinski definition) is 2. The molecule has 0 saturated heterocycles. The van der Waals surface area contributed by atoms with E-state index >= 15 is 0 Å². The predicted molar refractivity (Wildman–Crippen MR) is 75.1 cm³/mol. The lowest BCUT2D eigenvalue weighted by Crippen LogP contribution is -2.41. The van der Waals surface area contributed by atoms with Crippen LogP contribution in [-0.4, -0.2) is 48.1 Å². The van der Waals surface area contributed by atoms with Crippen LogP contribution >= 0.6 is 11.3 Å². The fraction of sp³-hybridized carbons (Fsp3) is 0.538. The fourth-order valence-electron chi connectivity index (χ4n) is 1.39. The van der Waals surface area contributed by atoms with E-state index in [4.69, 9.17) is 0 Å². The molecular formula is C13H20N2O3S. The second-order valence-electron chi connectivity index (χ2n) is 4.75. The van der Waals surface area contributed by atoms with Gasteiger partial charge in [0.25, 0.3) is 5.91 Å². The normalized spacial score (nSPS) is 12.3. The number of rotatable bonds is 6. The van der Waals surface area contributed by atoms with Crippen LogP contribution in [0, 0.1) is 5.92 Å². The molecule has 2 amide bonds. The first-order valence-corrected chi connectivity index (χ1v) is 7.03. The summed E-state index contributed by atoms with van der Waals surface area (Å²) in [5.74, 6) is -0.354. The maximum absolute atomic E-state index is 11.9. The number of likely N-dealkylation sites (N-methyl/N-ethyl adjacent to an activating group) is 1. The largest absolute Gasteiger partial charge is 0.391 e. The third-order valence-electron chi connectivity index (χ3n) is 2.74. The van der Waals surface area contributed by atoms with Gasteiger partial charge in [-0.2, -0.15) is 0 Å². The summed E-state index contributed by atoms with van der Waals surface area (Å²) in [5.41, 5.74) is 0. The molecule has 0 spiro atoms. The number of nitrogens with zero attached hydrogens (tertiary/aromatic N) is 1. The number of carbonyl (C=O) groups excluding carboxylic acids is 2. The SMILES string of the molecule is CC(C)C(O)CNC(=O)CN(C)C(=O)c1cccs1. The van der Waals surface area contributed by atoms with Crippen molar-refractivity contribution in [1.82, 2.24) is 10.2 Å². The molecule has 0 fully saturated rings. The average Bonchev–Trinajstić information content (AvgIpc) is 2.88. The summed E-state index contributed by atoms with van der Waals surface area (Å²) in [6.45, 7) is 3.95. The molecule has 1 heterocycles. The molecule has 0 aliphatic rings. The molecule has 19 heavy (non-hydrogen) atoms. The molecule has 0 aliphatic carbocycles. The van der Waals surface area contributed by atoms with E-state index in [1.165, 1.54) is 16.2 Å². The zero-order valence-corrected chi connectivity index (χ0v) is 12.2. The first-order valence-electron chi connectivity index (χ1n) is 6.15. The Morgan fingerprint density at radius 2 is 2.16 bits per heavy atom. The Kier molecular flexibility index (Phi) is 5.98.